The van der Waals surface area contributed by atoms with Crippen LogP contribution in [0.5, 0.6) is 5.75 Å². The predicted molar refractivity (Wildman–Crippen MR) is 123 cm³/mol. The minimum atomic E-state index is -1.23. The molecule has 0 bridgehead atoms. The zero-order chi connectivity index (χ0) is 23.9. The van der Waals surface area contributed by atoms with E-state index in [4.69, 9.17) is 9.15 Å². The molecule has 2 aliphatic rings. The molecular formula is C25H26N4O5. The lowest BCUT2D eigenvalue weighted by Gasteiger charge is -2.31. The fourth-order valence-corrected chi connectivity index (χ4v) is 4.64. The van der Waals surface area contributed by atoms with Gasteiger partial charge >= 0.3 is 6.03 Å². The topological polar surface area (TPSA) is 105 Å². The van der Waals surface area contributed by atoms with Gasteiger partial charge in [-0.3, -0.25) is 14.5 Å². The molecule has 34 heavy (non-hydrogen) atoms. The molecule has 5 rings (SSSR count). The number of benzene rings is 2. The van der Waals surface area contributed by atoms with Gasteiger partial charge in [0, 0.05) is 19.0 Å². The summed E-state index contributed by atoms with van der Waals surface area (Å²) >= 11 is 0. The molecule has 3 aromatic rings. The van der Waals surface area contributed by atoms with E-state index >= 15 is 0 Å². The van der Waals surface area contributed by atoms with E-state index in [1.54, 1.807) is 43.2 Å². The molecule has 1 atom stereocenters. The Labute approximate surface area is 196 Å². The molecule has 2 saturated heterocycles. The Kier molecular flexibility index (Phi) is 5.47. The zero-order valence-corrected chi connectivity index (χ0v) is 19.1. The number of hydrogen-bond donors (Lipinski definition) is 1. The van der Waals surface area contributed by atoms with E-state index in [0.29, 0.717) is 43.1 Å². The Morgan fingerprint density at radius 1 is 1.15 bits per heavy atom. The summed E-state index contributed by atoms with van der Waals surface area (Å²) in [7, 11) is 1.56. The number of ether oxygens (including phenoxy) is 1. The molecule has 0 unspecified atom stereocenters. The van der Waals surface area contributed by atoms with Crippen LogP contribution in [0, 0.1) is 0 Å². The summed E-state index contributed by atoms with van der Waals surface area (Å²) in [6.45, 7) is 2.39. The molecule has 9 nitrogen and oxygen atoms in total. The maximum atomic E-state index is 13.2. The van der Waals surface area contributed by atoms with Crippen molar-refractivity contribution >= 4 is 28.9 Å². The van der Waals surface area contributed by atoms with E-state index < -0.39 is 17.5 Å². The smallest absolute Gasteiger partial charge is 0.325 e. The number of oxazole rings is 1. The molecule has 3 heterocycles. The van der Waals surface area contributed by atoms with Crippen LogP contribution in [0.4, 0.5) is 4.79 Å². The monoisotopic (exact) mass is 462 g/mol. The lowest BCUT2D eigenvalue weighted by atomic mass is 9.92. The van der Waals surface area contributed by atoms with Crippen molar-refractivity contribution in [1.82, 2.24) is 20.1 Å². The number of carbonyl (C=O) groups is 3. The number of imide groups is 1. The second-order valence-electron chi connectivity index (χ2n) is 8.85. The van der Waals surface area contributed by atoms with Crippen LogP contribution in [0.1, 0.15) is 37.1 Å². The van der Waals surface area contributed by atoms with Crippen molar-refractivity contribution < 1.29 is 23.5 Å². The fourth-order valence-electron chi connectivity index (χ4n) is 4.64. The second kappa shape index (κ2) is 8.48. The minimum absolute atomic E-state index is 0.131. The van der Waals surface area contributed by atoms with Gasteiger partial charge in [-0.2, -0.15) is 0 Å². The van der Waals surface area contributed by atoms with Gasteiger partial charge in [0.1, 0.15) is 23.3 Å². The number of urea groups is 1. The summed E-state index contributed by atoms with van der Waals surface area (Å²) in [6.07, 6.45) is 1.42. The molecule has 2 aromatic carbocycles. The highest BCUT2D eigenvalue weighted by atomic mass is 16.5. The van der Waals surface area contributed by atoms with Gasteiger partial charge in [-0.1, -0.05) is 24.3 Å². The molecule has 1 aromatic heterocycles. The van der Waals surface area contributed by atoms with Crippen molar-refractivity contribution in [3.8, 4) is 5.75 Å². The maximum absolute atomic E-state index is 13.2. The number of aromatic nitrogens is 1. The van der Waals surface area contributed by atoms with Crippen molar-refractivity contribution in [2.45, 2.75) is 31.2 Å². The lowest BCUT2D eigenvalue weighted by Crippen LogP contribution is -2.46. The van der Waals surface area contributed by atoms with Gasteiger partial charge in [-0.15, -0.1) is 0 Å². The van der Waals surface area contributed by atoms with Gasteiger partial charge in [0.2, 0.25) is 5.91 Å². The Morgan fingerprint density at radius 3 is 2.53 bits per heavy atom. The first-order valence-corrected chi connectivity index (χ1v) is 11.3. The number of methoxy groups -OCH3 is 1. The molecule has 0 spiro atoms. The summed E-state index contributed by atoms with van der Waals surface area (Å²) in [5, 5.41) is 2.74. The van der Waals surface area contributed by atoms with Crippen LogP contribution in [0.15, 0.2) is 52.9 Å². The number of para-hydroxylation sites is 2. The highest BCUT2D eigenvalue weighted by molar-refractivity contribution is 6.09. The van der Waals surface area contributed by atoms with E-state index in [2.05, 4.69) is 10.3 Å². The summed E-state index contributed by atoms with van der Waals surface area (Å²) < 4.78 is 11.1. The van der Waals surface area contributed by atoms with Crippen molar-refractivity contribution in [3.63, 3.8) is 0 Å². The van der Waals surface area contributed by atoms with Crippen LogP contribution in [-0.4, -0.2) is 59.4 Å². The van der Waals surface area contributed by atoms with Gasteiger partial charge < -0.3 is 19.4 Å². The van der Waals surface area contributed by atoms with E-state index in [1.165, 1.54) is 0 Å². The molecule has 1 N–H and O–H groups in total. The first-order chi connectivity index (χ1) is 16.4. The number of piperidine rings is 1. The van der Waals surface area contributed by atoms with Crippen molar-refractivity contribution in [2.24, 2.45) is 0 Å². The van der Waals surface area contributed by atoms with Gasteiger partial charge in [0.05, 0.1) is 7.11 Å². The van der Waals surface area contributed by atoms with Crippen LogP contribution >= 0.6 is 0 Å². The van der Waals surface area contributed by atoms with E-state index in [-0.39, 0.29) is 18.4 Å². The van der Waals surface area contributed by atoms with Crippen molar-refractivity contribution in [1.29, 1.82) is 0 Å². The number of likely N-dealkylation sites (tertiary alicyclic amines) is 1. The van der Waals surface area contributed by atoms with Gasteiger partial charge in [-0.05, 0) is 49.6 Å². The lowest BCUT2D eigenvalue weighted by molar-refractivity contribution is -0.139. The Bertz CT molecular complexity index is 1210. The van der Waals surface area contributed by atoms with E-state index in [1.807, 2.05) is 24.3 Å². The number of hydrogen-bond acceptors (Lipinski definition) is 6. The van der Waals surface area contributed by atoms with Gasteiger partial charge in [0.25, 0.3) is 5.91 Å². The highest BCUT2D eigenvalue weighted by Crippen LogP contribution is 2.32. The van der Waals surface area contributed by atoms with Gasteiger partial charge in [0.15, 0.2) is 11.5 Å². The Hall–Kier alpha value is -3.88. The van der Waals surface area contributed by atoms with Crippen LogP contribution in [0.3, 0.4) is 0 Å². The number of carbonyl (C=O) groups excluding carboxylic acids is 3. The number of amides is 4. The van der Waals surface area contributed by atoms with Crippen LogP contribution in [-0.2, 0) is 15.1 Å². The Morgan fingerprint density at radius 2 is 1.85 bits per heavy atom. The quantitative estimate of drug-likeness (QED) is 0.585. The average molecular weight is 463 g/mol. The van der Waals surface area contributed by atoms with Crippen molar-refractivity contribution in [3.05, 3.63) is 60.0 Å². The molecule has 176 valence electrons. The van der Waals surface area contributed by atoms with Crippen LogP contribution < -0.4 is 10.1 Å². The third kappa shape index (κ3) is 3.76. The molecule has 2 aliphatic heterocycles. The Balaban J connectivity index is 1.22. The zero-order valence-electron chi connectivity index (χ0n) is 19.1. The summed E-state index contributed by atoms with van der Waals surface area (Å²) in [6, 6.07) is 14.0. The molecule has 0 radical (unpaired) electrons. The molecule has 0 saturated carbocycles. The molecule has 4 amide bonds. The summed E-state index contributed by atoms with van der Waals surface area (Å²) in [4.78, 5) is 46.0. The largest absolute Gasteiger partial charge is 0.497 e. The second-order valence-corrected chi connectivity index (χ2v) is 8.85. The third-order valence-electron chi connectivity index (χ3n) is 6.74. The number of rotatable bonds is 5. The molecule has 0 aliphatic carbocycles. The number of nitrogens with one attached hydrogen (secondary N) is 1. The number of nitrogens with zero attached hydrogens (tertiary/aromatic N) is 3. The van der Waals surface area contributed by atoms with Crippen molar-refractivity contribution in [2.75, 3.05) is 26.7 Å². The molecule has 2 fully saturated rings. The van der Waals surface area contributed by atoms with E-state index in [0.717, 1.165) is 16.0 Å². The van der Waals surface area contributed by atoms with Crippen LogP contribution in [0.25, 0.3) is 11.1 Å². The SMILES string of the molecule is COc1ccc([C@]2(C)NC(=O)N(CC(=O)N3CCC(c4nc5ccccc5o4)CC3)C2=O)cc1. The maximum Gasteiger partial charge on any atom is 0.325 e. The normalized spacial score (nSPS) is 21.2. The summed E-state index contributed by atoms with van der Waals surface area (Å²) in [5.74, 6) is 0.775. The van der Waals surface area contributed by atoms with Gasteiger partial charge in [-0.25, -0.2) is 9.78 Å². The first-order valence-electron chi connectivity index (χ1n) is 11.3. The molecule has 9 heteroatoms. The third-order valence-corrected chi connectivity index (χ3v) is 6.74. The standard InChI is InChI=1S/C25H26N4O5/c1-25(17-7-9-18(33-2)10-8-17)23(31)29(24(32)27-25)15-21(30)28-13-11-16(12-14-28)22-26-19-5-3-4-6-20(19)34-22/h3-10,16H,11-15H2,1-2H3,(H,27,32)/t25-/m0/s1. The summed E-state index contributed by atoms with van der Waals surface area (Å²) in [5.41, 5.74) is 0.980. The van der Waals surface area contributed by atoms with Crippen LogP contribution in [0.2, 0.25) is 0 Å². The number of fused-ring (bicyclic) bond motifs is 1. The molecular weight excluding hydrogens is 436 g/mol. The predicted octanol–water partition coefficient (Wildman–Crippen LogP) is 3.01. The minimum Gasteiger partial charge on any atom is -0.497 e. The first kappa shape index (κ1) is 21.9. The average Bonchev–Trinajstić information content (AvgIpc) is 3.39. The van der Waals surface area contributed by atoms with E-state index in [9.17, 15) is 14.4 Å². The highest BCUT2D eigenvalue weighted by Gasteiger charge is 2.49. The fraction of sp³-hybridized carbons (Fsp3) is 0.360.